The first-order valence-corrected chi connectivity index (χ1v) is 12.3. The number of aliphatic hydroxyl groups is 1. The van der Waals surface area contributed by atoms with Gasteiger partial charge in [-0.3, -0.25) is 9.69 Å². The van der Waals surface area contributed by atoms with Crippen LogP contribution in [0.3, 0.4) is 0 Å². The lowest BCUT2D eigenvalue weighted by Crippen LogP contribution is -2.58. The van der Waals surface area contributed by atoms with Gasteiger partial charge in [0.25, 0.3) is 0 Å². The molecule has 0 bridgehead atoms. The van der Waals surface area contributed by atoms with Crippen LogP contribution in [0.5, 0.6) is 5.75 Å². The number of carbonyl (C=O) groups excluding carboxylic acids is 1. The van der Waals surface area contributed by atoms with E-state index in [0.29, 0.717) is 51.6 Å². The third-order valence-corrected chi connectivity index (χ3v) is 7.39. The van der Waals surface area contributed by atoms with Crippen molar-refractivity contribution < 1.29 is 19.4 Å². The van der Waals surface area contributed by atoms with E-state index in [1.165, 1.54) is 0 Å². The summed E-state index contributed by atoms with van der Waals surface area (Å²) in [6.45, 7) is 13.0. The zero-order valence-corrected chi connectivity index (χ0v) is 20.8. The predicted molar refractivity (Wildman–Crippen MR) is 127 cm³/mol. The minimum atomic E-state index is -0.694. The molecule has 1 N–H and O–H groups in total. The van der Waals surface area contributed by atoms with Crippen LogP contribution in [0.4, 0.5) is 0 Å². The molecule has 0 aromatic heterocycles. The number of hydrogen-bond acceptors (Lipinski definition) is 5. The summed E-state index contributed by atoms with van der Waals surface area (Å²) in [7, 11) is 0. The summed E-state index contributed by atoms with van der Waals surface area (Å²) in [4.78, 5) is 17.5. The largest absolute Gasteiger partial charge is 0.490 e. The zero-order chi connectivity index (χ0) is 23.3. The van der Waals surface area contributed by atoms with Gasteiger partial charge in [-0.15, -0.1) is 0 Å². The number of hydrogen-bond donors (Lipinski definition) is 1. The summed E-state index contributed by atoms with van der Waals surface area (Å²) in [5, 5.41) is 10.6. The number of halogens is 1. The topological polar surface area (TPSA) is 62.2 Å². The number of carbonyl (C=O) groups is 1. The molecular formula is C25H39ClN2O4. The molecule has 3 rings (SSSR count). The third kappa shape index (κ3) is 6.60. The third-order valence-electron chi connectivity index (χ3n) is 6.80. The summed E-state index contributed by atoms with van der Waals surface area (Å²) in [6, 6.07) is 3.88. The molecule has 2 saturated heterocycles. The number of ether oxygens (including phenoxy) is 2. The maximum absolute atomic E-state index is 13.2. The lowest BCUT2D eigenvalue weighted by atomic mass is 9.95. The van der Waals surface area contributed by atoms with Crippen LogP contribution in [0.2, 0.25) is 5.02 Å². The van der Waals surface area contributed by atoms with Crippen molar-refractivity contribution in [3.8, 4) is 5.75 Å². The summed E-state index contributed by atoms with van der Waals surface area (Å²) in [5.74, 6) is 1.42. The molecule has 1 amide bonds. The molecule has 2 aliphatic rings. The van der Waals surface area contributed by atoms with Crippen LogP contribution in [-0.2, 0) is 9.53 Å². The number of likely N-dealkylation sites (tertiary alicyclic amines) is 1. The molecule has 180 valence electrons. The highest BCUT2D eigenvalue weighted by molar-refractivity contribution is 6.32. The summed E-state index contributed by atoms with van der Waals surface area (Å²) in [6.07, 6.45) is 2.38. The Morgan fingerprint density at radius 1 is 1.28 bits per heavy atom. The average Bonchev–Trinajstić information content (AvgIpc) is 2.76. The van der Waals surface area contributed by atoms with E-state index in [0.717, 1.165) is 41.4 Å². The van der Waals surface area contributed by atoms with Crippen molar-refractivity contribution in [3.05, 3.63) is 28.3 Å². The number of aryl methyl sites for hydroxylation is 2. The van der Waals surface area contributed by atoms with Gasteiger partial charge in [0.2, 0.25) is 5.91 Å². The molecule has 2 aliphatic heterocycles. The van der Waals surface area contributed by atoms with Gasteiger partial charge in [-0.25, -0.2) is 0 Å². The predicted octanol–water partition coefficient (Wildman–Crippen LogP) is 3.83. The minimum Gasteiger partial charge on any atom is -0.490 e. The highest BCUT2D eigenvalue weighted by Gasteiger charge is 2.41. The molecule has 2 atom stereocenters. The molecule has 2 heterocycles. The van der Waals surface area contributed by atoms with Crippen LogP contribution in [0.15, 0.2) is 12.1 Å². The first-order valence-electron chi connectivity index (χ1n) is 11.9. The highest BCUT2D eigenvalue weighted by Crippen LogP contribution is 2.30. The molecule has 2 fully saturated rings. The zero-order valence-electron chi connectivity index (χ0n) is 20.0. The van der Waals surface area contributed by atoms with Gasteiger partial charge in [-0.1, -0.05) is 31.9 Å². The fourth-order valence-corrected chi connectivity index (χ4v) is 4.71. The van der Waals surface area contributed by atoms with Gasteiger partial charge < -0.3 is 19.5 Å². The first kappa shape index (κ1) is 25.3. The Hall–Kier alpha value is -1.34. The van der Waals surface area contributed by atoms with Crippen LogP contribution in [0.1, 0.15) is 50.7 Å². The molecule has 32 heavy (non-hydrogen) atoms. The van der Waals surface area contributed by atoms with E-state index < -0.39 is 5.60 Å². The van der Waals surface area contributed by atoms with Gasteiger partial charge in [0.05, 0.1) is 19.1 Å². The Morgan fingerprint density at radius 3 is 2.56 bits per heavy atom. The maximum atomic E-state index is 13.2. The van der Waals surface area contributed by atoms with Gasteiger partial charge >= 0.3 is 0 Å². The van der Waals surface area contributed by atoms with E-state index in [-0.39, 0.29) is 18.4 Å². The number of piperidine rings is 1. The number of aliphatic hydroxyl groups excluding tert-OH is 1. The normalized spacial score (nSPS) is 23.9. The van der Waals surface area contributed by atoms with E-state index in [4.69, 9.17) is 21.1 Å². The van der Waals surface area contributed by atoms with Crippen molar-refractivity contribution in [2.24, 2.45) is 5.92 Å². The molecule has 0 unspecified atom stereocenters. The monoisotopic (exact) mass is 466 g/mol. The van der Waals surface area contributed by atoms with Crippen LogP contribution >= 0.6 is 11.6 Å². The molecule has 1 aromatic rings. The van der Waals surface area contributed by atoms with Gasteiger partial charge in [0.15, 0.2) is 0 Å². The Balaban J connectivity index is 1.75. The molecular weight excluding hydrogens is 428 g/mol. The smallest absolute Gasteiger partial charge is 0.225 e. The summed E-state index contributed by atoms with van der Waals surface area (Å²) in [5.41, 5.74) is 1.25. The van der Waals surface area contributed by atoms with Crippen molar-refractivity contribution in [1.82, 2.24) is 9.80 Å². The van der Waals surface area contributed by atoms with Gasteiger partial charge in [0.1, 0.15) is 18.0 Å². The van der Waals surface area contributed by atoms with E-state index in [1.807, 2.05) is 30.9 Å². The lowest BCUT2D eigenvalue weighted by Gasteiger charge is -2.44. The van der Waals surface area contributed by atoms with Crippen molar-refractivity contribution in [3.63, 3.8) is 0 Å². The first-order chi connectivity index (χ1) is 15.2. The van der Waals surface area contributed by atoms with Crippen molar-refractivity contribution >= 4 is 17.5 Å². The molecule has 0 radical (unpaired) electrons. The number of morpholine rings is 1. The van der Waals surface area contributed by atoms with Crippen LogP contribution in [0, 0.1) is 19.8 Å². The molecule has 0 spiro atoms. The second-order valence-corrected chi connectivity index (χ2v) is 10.1. The van der Waals surface area contributed by atoms with E-state index in [2.05, 4.69) is 18.7 Å². The van der Waals surface area contributed by atoms with Crippen molar-refractivity contribution in [1.29, 1.82) is 0 Å². The molecule has 7 heteroatoms. The second kappa shape index (κ2) is 11.2. The molecule has 0 aliphatic carbocycles. The van der Waals surface area contributed by atoms with E-state index in [9.17, 15) is 9.90 Å². The second-order valence-electron chi connectivity index (χ2n) is 9.73. The van der Waals surface area contributed by atoms with Crippen molar-refractivity contribution in [2.45, 2.75) is 65.1 Å². The van der Waals surface area contributed by atoms with Crippen LogP contribution < -0.4 is 4.74 Å². The standard InChI is InChI=1S/C25H39ClN2O4/c1-5-18(2)15-27-10-11-32-25(16-27,14-23(30)28-8-6-21(29)7-9-28)17-31-22-12-19(3)24(26)20(4)13-22/h12-13,18,21,29H,5-11,14-17H2,1-4H3/t18-,25-/m0/s1. The van der Waals surface area contributed by atoms with Crippen molar-refractivity contribution in [2.75, 3.05) is 45.9 Å². The Bertz CT molecular complexity index is 758. The summed E-state index contributed by atoms with van der Waals surface area (Å²) >= 11 is 6.32. The average molecular weight is 467 g/mol. The van der Waals surface area contributed by atoms with Gasteiger partial charge in [0, 0.05) is 37.7 Å². The Labute approximate surface area is 197 Å². The fraction of sp³-hybridized carbons (Fsp3) is 0.720. The Kier molecular flexibility index (Phi) is 8.84. The molecule has 1 aromatic carbocycles. The Morgan fingerprint density at radius 2 is 1.94 bits per heavy atom. The molecule has 0 saturated carbocycles. The van der Waals surface area contributed by atoms with Gasteiger partial charge in [-0.05, 0) is 55.9 Å². The maximum Gasteiger partial charge on any atom is 0.225 e. The number of nitrogens with zero attached hydrogens (tertiary/aromatic N) is 2. The highest BCUT2D eigenvalue weighted by atomic mass is 35.5. The SMILES string of the molecule is CC[C@H](C)CN1CCO[C@@](COc2cc(C)c(Cl)c(C)c2)(CC(=O)N2CCC(O)CC2)C1. The number of benzene rings is 1. The number of rotatable bonds is 8. The van der Waals surface area contributed by atoms with E-state index >= 15 is 0 Å². The van der Waals surface area contributed by atoms with Crippen LogP contribution in [-0.4, -0.2) is 78.5 Å². The quantitative estimate of drug-likeness (QED) is 0.631. The van der Waals surface area contributed by atoms with E-state index in [1.54, 1.807) is 0 Å². The van der Waals surface area contributed by atoms with Crippen LogP contribution in [0.25, 0.3) is 0 Å². The molecule has 6 nitrogen and oxygen atoms in total. The van der Waals surface area contributed by atoms with Gasteiger partial charge in [-0.2, -0.15) is 0 Å². The number of amides is 1. The lowest BCUT2D eigenvalue weighted by molar-refractivity contribution is -0.158. The summed E-state index contributed by atoms with van der Waals surface area (Å²) < 4.78 is 12.5. The fourth-order valence-electron chi connectivity index (χ4n) is 4.60. The minimum absolute atomic E-state index is 0.0781.